The van der Waals surface area contributed by atoms with Crippen molar-refractivity contribution in [3.63, 3.8) is 0 Å². The third-order valence-corrected chi connectivity index (χ3v) is 6.31. The molecular formula is C24H24N4O3S. The number of aromatic nitrogens is 1. The van der Waals surface area contributed by atoms with Crippen molar-refractivity contribution in [1.82, 2.24) is 20.5 Å². The SMILES string of the molecule is O=C(NC1CCN(C(=O)c2ccc(CNC(=O)c3cccs3)cc2)CC1)c1cccnc1. The molecule has 0 bridgehead atoms. The van der Waals surface area contributed by atoms with E-state index in [0.717, 1.165) is 5.56 Å². The van der Waals surface area contributed by atoms with E-state index in [4.69, 9.17) is 0 Å². The molecule has 32 heavy (non-hydrogen) atoms. The van der Waals surface area contributed by atoms with E-state index in [1.807, 2.05) is 28.5 Å². The van der Waals surface area contributed by atoms with Crippen LogP contribution in [0.25, 0.3) is 0 Å². The lowest BCUT2D eigenvalue weighted by atomic mass is 10.0. The number of benzene rings is 1. The second-order valence-electron chi connectivity index (χ2n) is 7.64. The van der Waals surface area contributed by atoms with Gasteiger partial charge in [0.2, 0.25) is 0 Å². The Morgan fingerprint density at radius 2 is 1.75 bits per heavy atom. The first-order valence-corrected chi connectivity index (χ1v) is 11.4. The fraction of sp³-hybridized carbons (Fsp3) is 0.250. The Bertz CT molecular complexity index is 1060. The lowest BCUT2D eigenvalue weighted by Crippen LogP contribution is -2.46. The van der Waals surface area contributed by atoms with Gasteiger partial charge in [0.05, 0.1) is 10.4 Å². The van der Waals surface area contributed by atoms with Gasteiger partial charge < -0.3 is 15.5 Å². The van der Waals surface area contributed by atoms with E-state index in [-0.39, 0.29) is 23.8 Å². The highest BCUT2D eigenvalue weighted by Gasteiger charge is 2.25. The monoisotopic (exact) mass is 448 g/mol. The molecule has 0 spiro atoms. The van der Waals surface area contributed by atoms with Gasteiger partial charge in [-0.25, -0.2) is 0 Å². The van der Waals surface area contributed by atoms with Gasteiger partial charge in [0.15, 0.2) is 0 Å². The van der Waals surface area contributed by atoms with E-state index in [9.17, 15) is 14.4 Å². The highest BCUT2D eigenvalue weighted by atomic mass is 32.1. The van der Waals surface area contributed by atoms with E-state index >= 15 is 0 Å². The fourth-order valence-corrected chi connectivity index (χ4v) is 4.26. The van der Waals surface area contributed by atoms with Crippen LogP contribution in [0.2, 0.25) is 0 Å². The van der Waals surface area contributed by atoms with Gasteiger partial charge in [-0.3, -0.25) is 19.4 Å². The summed E-state index contributed by atoms with van der Waals surface area (Å²) in [5.41, 5.74) is 2.09. The summed E-state index contributed by atoms with van der Waals surface area (Å²) in [4.78, 5) is 43.6. The van der Waals surface area contributed by atoms with Crippen LogP contribution >= 0.6 is 11.3 Å². The molecule has 0 aliphatic carbocycles. The summed E-state index contributed by atoms with van der Waals surface area (Å²) < 4.78 is 0. The Labute approximate surface area is 190 Å². The van der Waals surface area contributed by atoms with Crippen molar-refractivity contribution in [3.8, 4) is 0 Å². The molecular weight excluding hydrogens is 424 g/mol. The topological polar surface area (TPSA) is 91.4 Å². The number of rotatable bonds is 6. The Morgan fingerprint density at radius 1 is 0.969 bits per heavy atom. The number of piperidine rings is 1. The van der Waals surface area contributed by atoms with E-state index < -0.39 is 0 Å². The predicted octanol–water partition coefficient (Wildman–Crippen LogP) is 3.11. The molecule has 3 amide bonds. The quantitative estimate of drug-likeness (QED) is 0.606. The summed E-state index contributed by atoms with van der Waals surface area (Å²) in [6, 6.07) is 14.5. The van der Waals surface area contributed by atoms with Crippen molar-refractivity contribution in [2.45, 2.75) is 25.4 Å². The van der Waals surface area contributed by atoms with Gasteiger partial charge in [-0.05, 0) is 54.1 Å². The van der Waals surface area contributed by atoms with Gasteiger partial charge in [0.1, 0.15) is 0 Å². The first-order chi connectivity index (χ1) is 15.6. The standard InChI is InChI=1S/C24H24N4O3S/c29-22(19-3-1-11-25-16-19)27-20-9-12-28(13-10-20)24(31)18-7-5-17(6-8-18)15-26-23(30)21-4-2-14-32-21/h1-8,11,14,16,20H,9-10,12-13,15H2,(H,26,30)(H,27,29). The van der Waals surface area contributed by atoms with Gasteiger partial charge in [0.25, 0.3) is 17.7 Å². The van der Waals surface area contributed by atoms with Gasteiger partial charge in [-0.2, -0.15) is 0 Å². The average Bonchev–Trinajstić information content (AvgIpc) is 3.39. The summed E-state index contributed by atoms with van der Waals surface area (Å²) in [5.74, 6) is -0.250. The molecule has 8 heteroatoms. The maximum atomic E-state index is 12.8. The molecule has 164 valence electrons. The van der Waals surface area contributed by atoms with E-state index in [2.05, 4.69) is 15.6 Å². The smallest absolute Gasteiger partial charge is 0.261 e. The predicted molar refractivity (Wildman–Crippen MR) is 123 cm³/mol. The summed E-state index contributed by atoms with van der Waals surface area (Å²) in [6.45, 7) is 1.60. The molecule has 1 aliphatic rings. The molecule has 0 radical (unpaired) electrons. The van der Waals surface area contributed by atoms with Crippen molar-refractivity contribution < 1.29 is 14.4 Å². The van der Waals surface area contributed by atoms with Gasteiger partial charge in [0, 0.05) is 43.6 Å². The molecule has 1 aromatic carbocycles. The van der Waals surface area contributed by atoms with E-state index in [1.165, 1.54) is 11.3 Å². The number of thiophene rings is 1. The highest BCUT2D eigenvalue weighted by molar-refractivity contribution is 7.12. The molecule has 4 rings (SSSR count). The summed E-state index contributed by atoms with van der Waals surface area (Å²) in [6.07, 6.45) is 4.61. The number of pyridine rings is 1. The third kappa shape index (κ3) is 5.39. The second kappa shape index (κ2) is 10.2. The largest absolute Gasteiger partial charge is 0.349 e. The van der Waals surface area contributed by atoms with Crippen LogP contribution in [-0.4, -0.2) is 46.7 Å². The van der Waals surface area contributed by atoms with Crippen molar-refractivity contribution >= 4 is 29.1 Å². The minimum Gasteiger partial charge on any atom is -0.349 e. The van der Waals surface area contributed by atoms with Crippen molar-refractivity contribution in [2.24, 2.45) is 0 Å². The van der Waals surface area contributed by atoms with Crippen LogP contribution in [0.4, 0.5) is 0 Å². The fourth-order valence-electron chi connectivity index (χ4n) is 3.62. The van der Waals surface area contributed by atoms with Gasteiger partial charge in [-0.15, -0.1) is 11.3 Å². The molecule has 1 aliphatic heterocycles. The maximum Gasteiger partial charge on any atom is 0.261 e. The molecule has 1 fully saturated rings. The summed E-state index contributed by atoms with van der Waals surface area (Å²) >= 11 is 1.40. The molecule has 3 aromatic rings. The molecule has 0 atom stereocenters. The van der Waals surface area contributed by atoms with Crippen LogP contribution in [0.5, 0.6) is 0 Å². The molecule has 2 N–H and O–H groups in total. The zero-order chi connectivity index (χ0) is 22.3. The number of nitrogens with zero attached hydrogens (tertiary/aromatic N) is 2. The molecule has 1 saturated heterocycles. The first kappa shape index (κ1) is 21.7. The Morgan fingerprint density at radius 3 is 2.41 bits per heavy atom. The molecule has 7 nitrogen and oxygen atoms in total. The van der Waals surface area contributed by atoms with Crippen molar-refractivity contribution in [3.05, 3.63) is 87.9 Å². The van der Waals surface area contributed by atoms with Gasteiger partial charge >= 0.3 is 0 Å². The highest BCUT2D eigenvalue weighted by Crippen LogP contribution is 2.16. The first-order valence-electron chi connectivity index (χ1n) is 10.5. The van der Waals surface area contributed by atoms with E-state index in [1.54, 1.807) is 42.7 Å². The number of hydrogen-bond acceptors (Lipinski definition) is 5. The van der Waals surface area contributed by atoms with Crippen LogP contribution in [0.3, 0.4) is 0 Å². The second-order valence-corrected chi connectivity index (χ2v) is 8.59. The zero-order valence-corrected chi connectivity index (χ0v) is 18.3. The molecule has 3 heterocycles. The number of carbonyl (C=O) groups excluding carboxylic acids is 3. The molecule has 0 saturated carbocycles. The van der Waals surface area contributed by atoms with Crippen LogP contribution in [0.1, 0.15) is 48.8 Å². The molecule has 0 unspecified atom stereocenters. The Kier molecular flexibility index (Phi) is 6.91. The average molecular weight is 449 g/mol. The van der Waals surface area contributed by atoms with Crippen molar-refractivity contribution in [2.75, 3.05) is 13.1 Å². The lowest BCUT2D eigenvalue weighted by Gasteiger charge is -2.32. The lowest BCUT2D eigenvalue weighted by molar-refractivity contribution is 0.0697. The third-order valence-electron chi connectivity index (χ3n) is 5.44. The summed E-state index contributed by atoms with van der Waals surface area (Å²) in [5, 5.41) is 7.78. The van der Waals surface area contributed by atoms with Crippen LogP contribution in [0, 0.1) is 0 Å². The Balaban J connectivity index is 1.25. The minimum atomic E-state index is -0.135. The zero-order valence-electron chi connectivity index (χ0n) is 17.5. The normalized spacial score (nSPS) is 14.1. The van der Waals surface area contributed by atoms with Gasteiger partial charge in [-0.1, -0.05) is 18.2 Å². The number of amides is 3. The maximum absolute atomic E-state index is 12.8. The summed E-state index contributed by atoms with van der Waals surface area (Å²) in [7, 11) is 0. The van der Waals surface area contributed by atoms with Crippen LogP contribution in [0.15, 0.2) is 66.3 Å². The van der Waals surface area contributed by atoms with Crippen LogP contribution < -0.4 is 10.6 Å². The minimum absolute atomic E-state index is 0.0174. The number of hydrogen-bond donors (Lipinski definition) is 2. The molecule has 2 aromatic heterocycles. The van der Waals surface area contributed by atoms with Crippen LogP contribution in [-0.2, 0) is 6.54 Å². The number of likely N-dealkylation sites (tertiary alicyclic amines) is 1. The number of carbonyl (C=O) groups is 3. The van der Waals surface area contributed by atoms with E-state index in [0.29, 0.717) is 48.5 Å². The Hall–Kier alpha value is -3.52. The van der Waals surface area contributed by atoms with Crippen molar-refractivity contribution in [1.29, 1.82) is 0 Å². The number of nitrogens with one attached hydrogen (secondary N) is 2.